The van der Waals surface area contributed by atoms with E-state index in [1.165, 1.54) is 6.26 Å². The fourth-order valence-electron chi connectivity index (χ4n) is 7.56. The van der Waals surface area contributed by atoms with Crippen molar-refractivity contribution in [3.8, 4) is 11.4 Å². The van der Waals surface area contributed by atoms with Crippen LogP contribution < -0.4 is 16.9 Å². The van der Waals surface area contributed by atoms with Crippen molar-refractivity contribution in [1.29, 1.82) is 0 Å². The number of nitrogens with one attached hydrogen (secondary N) is 2. The van der Waals surface area contributed by atoms with Crippen LogP contribution in [0.25, 0.3) is 55.2 Å². The summed E-state index contributed by atoms with van der Waals surface area (Å²) < 4.78 is 26.7. The van der Waals surface area contributed by atoms with E-state index < -0.39 is 9.84 Å². The smallest absolute Gasteiger partial charge is 0.268 e. The third-order valence-electron chi connectivity index (χ3n) is 10.4. The van der Waals surface area contributed by atoms with E-state index in [1.54, 1.807) is 45.8 Å². The first kappa shape index (κ1) is 37.8. The summed E-state index contributed by atoms with van der Waals surface area (Å²) in [5.74, 6) is 0. The zero-order valence-corrected chi connectivity index (χ0v) is 33.1. The van der Waals surface area contributed by atoms with Gasteiger partial charge in [-0.1, -0.05) is 60.7 Å². The van der Waals surface area contributed by atoms with E-state index in [-0.39, 0.29) is 16.0 Å². The minimum atomic E-state index is -3.26. The topological polar surface area (TPSA) is 187 Å². The van der Waals surface area contributed by atoms with Crippen molar-refractivity contribution < 1.29 is 8.42 Å². The molecule has 0 saturated heterocycles. The summed E-state index contributed by atoms with van der Waals surface area (Å²) in [6, 6.07) is 40.9. The lowest BCUT2D eigenvalue weighted by atomic mass is 10.1. The normalized spacial score (nSPS) is 11.6. The molecule has 6 heterocycles. The van der Waals surface area contributed by atoms with Crippen molar-refractivity contribution in [2.75, 3.05) is 12.0 Å². The van der Waals surface area contributed by atoms with Crippen LogP contribution in [-0.4, -0.2) is 54.2 Å². The number of pyridine rings is 4. The molecule has 4 N–H and O–H groups in total. The first-order valence-corrected chi connectivity index (χ1v) is 21.0. The fourth-order valence-corrected chi connectivity index (χ4v) is 8.19. The molecule has 0 atom stereocenters. The summed E-state index contributed by atoms with van der Waals surface area (Å²) in [4.78, 5) is 36.3. The largest absolute Gasteiger partial charge is 0.399 e. The van der Waals surface area contributed by atoms with Gasteiger partial charge in [-0.15, -0.1) is 0 Å². The van der Waals surface area contributed by atoms with Gasteiger partial charge in [0.1, 0.15) is 22.3 Å². The van der Waals surface area contributed by atoms with Crippen molar-refractivity contribution in [3.05, 3.63) is 189 Å². The molecule has 0 radical (unpaired) electrons. The van der Waals surface area contributed by atoms with E-state index in [0.717, 1.165) is 51.1 Å². The van der Waals surface area contributed by atoms with Gasteiger partial charge in [-0.05, 0) is 96.8 Å². The highest BCUT2D eigenvalue weighted by atomic mass is 32.2. The zero-order chi connectivity index (χ0) is 41.4. The van der Waals surface area contributed by atoms with Gasteiger partial charge in [-0.25, -0.2) is 18.4 Å². The highest BCUT2D eigenvalue weighted by Crippen LogP contribution is 2.27. The minimum Gasteiger partial charge on any atom is -0.399 e. The Hall–Kier alpha value is -7.71. The molecule has 14 heteroatoms. The van der Waals surface area contributed by atoms with Gasteiger partial charge >= 0.3 is 0 Å². The molecule has 0 aliphatic rings. The van der Waals surface area contributed by atoms with Gasteiger partial charge in [0.25, 0.3) is 11.1 Å². The molecule has 4 aromatic carbocycles. The standard InChI is InChI=1S/C23H19N5O.C23H18N4O3S/c24-16-7-4-6-15(14-16)11-12-19-20-21(27-26-19)18-10-5-13-25-22(18)28(23(20)29)17-8-2-1-3-9-17;1-31(29,30)17-11-9-15(10-12-17)14-19-20-21(26-25-19)18-8-5-13-24-22(18)27(23(20)28)16-6-3-2-4-7-16/h1-10,13-14H,11-12,24H2,(H,26,27);2-13H,14H2,1H3,(H,25,26). The Morgan fingerprint density at radius 2 is 1.12 bits per heavy atom. The van der Waals surface area contributed by atoms with Gasteiger partial charge in [0.15, 0.2) is 9.84 Å². The van der Waals surface area contributed by atoms with Crippen molar-refractivity contribution in [3.63, 3.8) is 0 Å². The van der Waals surface area contributed by atoms with Crippen LogP contribution in [0.1, 0.15) is 22.5 Å². The SMILES string of the molecule is CS(=O)(=O)c1ccc(Cc2[nH]nc3c2c(=O)n(-c2ccccc2)c2ncccc32)cc1.Nc1cccc(CCc2[nH]nc3c2c(=O)n(-c2ccccc2)c2ncccc32)c1. The minimum absolute atomic E-state index is 0.117. The molecule has 0 fully saturated rings. The van der Waals surface area contributed by atoms with Crippen LogP contribution in [0.2, 0.25) is 0 Å². The second-order valence-electron chi connectivity index (χ2n) is 14.4. The first-order chi connectivity index (χ1) is 29.2. The summed E-state index contributed by atoms with van der Waals surface area (Å²) in [6.45, 7) is 0. The number of anilines is 1. The number of aryl methyl sites for hydroxylation is 2. The summed E-state index contributed by atoms with van der Waals surface area (Å²) >= 11 is 0. The summed E-state index contributed by atoms with van der Waals surface area (Å²) in [6.07, 6.45) is 6.37. The van der Waals surface area contributed by atoms with Crippen LogP contribution in [0.5, 0.6) is 0 Å². The number of benzene rings is 4. The number of sulfone groups is 1. The Bertz CT molecular complexity index is 3430. The number of hydrogen-bond donors (Lipinski definition) is 3. The number of hydrogen-bond acceptors (Lipinski definition) is 9. The maximum absolute atomic E-state index is 13.6. The zero-order valence-electron chi connectivity index (χ0n) is 32.3. The molecule has 13 nitrogen and oxygen atoms in total. The van der Waals surface area contributed by atoms with Crippen molar-refractivity contribution >= 4 is 59.4 Å². The number of nitrogens with zero attached hydrogens (tertiary/aromatic N) is 6. The average molecular weight is 812 g/mol. The molecule has 296 valence electrons. The van der Waals surface area contributed by atoms with E-state index in [0.29, 0.717) is 51.6 Å². The first-order valence-electron chi connectivity index (χ1n) is 19.1. The van der Waals surface area contributed by atoms with Crippen molar-refractivity contribution in [2.45, 2.75) is 24.2 Å². The highest BCUT2D eigenvalue weighted by Gasteiger charge is 2.20. The predicted octanol–water partition coefficient (Wildman–Crippen LogP) is 6.89. The molecular weight excluding hydrogens is 775 g/mol. The second kappa shape index (κ2) is 15.6. The molecule has 0 unspecified atom stereocenters. The number of rotatable bonds is 8. The average Bonchev–Trinajstić information content (AvgIpc) is 3.90. The Morgan fingerprint density at radius 1 is 0.583 bits per heavy atom. The Kier molecular flexibility index (Phi) is 9.82. The lowest BCUT2D eigenvalue weighted by molar-refractivity contribution is 0.602. The Morgan fingerprint density at radius 3 is 1.65 bits per heavy atom. The Balaban J connectivity index is 0.000000154. The molecule has 0 amide bonds. The van der Waals surface area contributed by atoms with E-state index in [1.807, 2.05) is 109 Å². The van der Waals surface area contributed by atoms with E-state index in [4.69, 9.17) is 5.73 Å². The van der Waals surface area contributed by atoms with Crippen LogP contribution in [0.4, 0.5) is 5.69 Å². The monoisotopic (exact) mass is 811 g/mol. The molecule has 0 aliphatic carbocycles. The molecule has 10 aromatic rings. The van der Waals surface area contributed by atoms with Gasteiger partial charge in [0.2, 0.25) is 0 Å². The quantitative estimate of drug-likeness (QED) is 0.137. The molecule has 0 bridgehead atoms. The summed E-state index contributed by atoms with van der Waals surface area (Å²) in [7, 11) is -3.26. The van der Waals surface area contributed by atoms with E-state index in [9.17, 15) is 18.0 Å². The fraction of sp³-hybridized carbons (Fsp3) is 0.0870. The van der Waals surface area contributed by atoms with Gasteiger partial charge in [0.05, 0.1) is 32.7 Å². The number of H-pyrrole nitrogens is 2. The van der Waals surface area contributed by atoms with Gasteiger partial charge in [-0.2, -0.15) is 10.2 Å². The number of aromatic nitrogens is 8. The third-order valence-corrected chi connectivity index (χ3v) is 11.5. The Labute approximate surface area is 342 Å². The molecular formula is C46H37N9O4S. The molecule has 0 spiro atoms. The maximum atomic E-state index is 13.6. The maximum Gasteiger partial charge on any atom is 0.268 e. The summed E-state index contributed by atoms with van der Waals surface area (Å²) in [5.41, 5.74) is 13.7. The number of nitrogen functional groups attached to an aromatic ring is 1. The molecule has 60 heavy (non-hydrogen) atoms. The molecule has 0 aliphatic heterocycles. The third kappa shape index (κ3) is 7.09. The molecule has 10 rings (SSSR count). The van der Waals surface area contributed by atoms with Gasteiger partial charge in [-0.3, -0.25) is 28.9 Å². The summed E-state index contributed by atoms with van der Waals surface area (Å²) in [5, 5.41) is 17.7. The number of aromatic amines is 2. The molecule has 6 aromatic heterocycles. The lowest BCUT2D eigenvalue weighted by Gasteiger charge is -2.10. The number of nitrogens with two attached hydrogens (primary N) is 1. The predicted molar refractivity (Wildman–Crippen MR) is 235 cm³/mol. The van der Waals surface area contributed by atoms with Crippen LogP contribution >= 0.6 is 0 Å². The van der Waals surface area contributed by atoms with Crippen LogP contribution in [0.15, 0.2) is 160 Å². The van der Waals surface area contributed by atoms with E-state index in [2.05, 4.69) is 30.4 Å². The van der Waals surface area contributed by atoms with Crippen LogP contribution in [-0.2, 0) is 29.1 Å². The number of para-hydroxylation sites is 2. The van der Waals surface area contributed by atoms with Gasteiger partial charge < -0.3 is 5.73 Å². The van der Waals surface area contributed by atoms with Crippen LogP contribution in [0.3, 0.4) is 0 Å². The number of fused-ring (bicyclic) bond motifs is 6. The van der Waals surface area contributed by atoms with Crippen molar-refractivity contribution in [1.82, 2.24) is 39.5 Å². The lowest BCUT2D eigenvalue weighted by Crippen LogP contribution is -2.20. The van der Waals surface area contributed by atoms with Crippen molar-refractivity contribution in [2.24, 2.45) is 0 Å². The second-order valence-corrected chi connectivity index (χ2v) is 16.4. The van der Waals surface area contributed by atoms with E-state index >= 15 is 0 Å². The van der Waals surface area contributed by atoms with Gasteiger partial charge in [0, 0.05) is 47.2 Å². The van der Waals surface area contributed by atoms with Crippen LogP contribution in [0, 0.1) is 0 Å². The molecule has 0 saturated carbocycles. The highest BCUT2D eigenvalue weighted by molar-refractivity contribution is 7.90.